The minimum Gasteiger partial charge on any atom is -0.384 e. The van der Waals surface area contributed by atoms with Crippen LogP contribution in [0.25, 0.3) is 0 Å². The highest BCUT2D eigenvalue weighted by Gasteiger charge is 2.24. The van der Waals surface area contributed by atoms with Crippen LogP contribution in [0.1, 0.15) is 27.2 Å². The molecule has 0 rings (SSSR count). The first-order valence-corrected chi connectivity index (χ1v) is 4.93. The second kappa shape index (κ2) is 5.55. The molecule has 1 unspecified atom stereocenters. The third-order valence-electron chi connectivity index (χ3n) is 3.25. The molecule has 74 valence electrons. The van der Waals surface area contributed by atoms with E-state index in [9.17, 15) is 0 Å². The summed E-state index contributed by atoms with van der Waals surface area (Å²) in [6.07, 6.45) is 1.16. The highest BCUT2D eigenvalue weighted by molar-refractivity contribution is 4.51. The summed E-state index contributed by atoms with van der Waals surface area (Å²) < 4.78 is 6.24. The van der Waals surface area contributed by atoms with Gasteiger partial charge in [0.2, 0.25) is 0 Å². The van der Waals surface area contributed by atoms with Crippen LogP contribution in [0.15, 0.2) is 0 Å². The second-order valence-corrected chi connectivity index (χ2v) is 3.74. The zero-order valence-corrected chi connectivity index (χ0v) is 9.26. The number of ether oxygens (including phenoxy) is 1. The standard InChI is InChI=1S/C10H24NO/c1-6-11(4,7-2)10(3)8-9-12-5/h10H,6-9H2,1-5H3/q+1. The molecular weight excluding hydrogens is 150 g/mol. The fourth-order valence-corrected chi connectivity index (χ4v) is 1.45. The predicted octanol–water partition coefficient (Wildman–Crippen LogP) is 1.90. The van der Waals surface area contributed by atoms with E-state index in [1.165, 1.54) is 13.1 Å². The van der Waals surface area contributed by atoms with Crippen molar-refractivity contribution in [1.82, 2.24) is 0 Å². The van der Waals surface area contributed by atoms with E-state index >= 15 is 0 Å². The molecule has 0 bridgehead atoms. The summed E-state index contributed by atoms with van der Waals surface area (Å²) in [4.78, 5) is 0. The van der Waals surface area contributed by atoms with E-state index in [1.54, 1.807) is 7.11 Å². The second-order valence-electron chi connectivity index (χ2n) is 3.74. The van der Waals surface area contributed by atoms with Gasteiger partial charge in [0, 0.05) is 13.5 Å². The summed E-state index contributed by atoms with van der Waals surface area (Å²) in [5.74, 6) is 0. The molecule has 0 amide bonds. The molecular formula is C10H24NO+. The average molecular weight is 174 g/mol. The van der Waals surface area contributed by atoms with Gasteiger partial charge >= 0.3 is 0 Å². The van der Waals surface area contributed by atoms with Crippen molar-refractivity contribution in [3.8, 4) is 0 Å². The van der Waals surface area contributed by atoms with Gasteiger partial charge < -0.3 is 9.22 Å². The van der Waals surface area contributed by atoms with Crippen LogP contribution >= 0.6 is 0 Å². The molecule has 0 aliphatic rings. The van der Waals surface area contributed by atoms with Gasteiger partial charge in [-0.3, -0.25) is 0 Å². The lowest BCUT2D eigenvalue weighted by molar-refractivity contribution is -0.928. The number of hydrogen-bond acceptors (Lipinski definition) is 1. The molecule has 0 heterocycles. The van der Waals surface area contributed by atoms with Crippen LogP contribution in [-0.4, -0.2) is 44.4 Å². The van der Waals surface area contributed by atoms with Gasteiger partial charge in [0.15, 0.2) is 0 Å². The van der Waals surface area contributed by atoms with Gasteiger partial charge in [0.25, 0.3) is 0 Å². The van der Waals surface area contributed by atoms with Gasteiger partial charge in [0.1, 0.15) is 0 Å². The van der Waals surface area contributed by atoms with Crippen molar-refractivity contribution >= 4 is 0 Å². The van der Waals surface area contributed by atoms with Crippen LogP contribution in [0.4, 0.5) is 0 Å². The SMILES string of the molecule is CC[N+](C)(CC)C(C)CCOC. The van der Waals surface area contributed by atoms with E-state index in [4.69, 9.17) is 4.74 Å². The maximum absolute atomic E-state index is 5.09. The molecule has 0 aromatic rings. The van der Waals surface area contributed by atoms with Crippen molar-refractivity contribution in [2.45, 2.75) is 33.2 Å². The van der Waals surface area contributed by atoms with Gasteiger partial charge in [0.05, 0.1) is 32.8 Å². The topological polar surface area (TPSA) is 9.23 Å². The molecule has 0 fully saturated rings. The zero-order valence-electron chi connectivity index (χ0n) is 9.26. The van der Waals surface area contributed by atoms with Gasteiger partial charge in [-0.15, -0.1) is 0 Å². The van der Waals surface area contributed by atoms with Gasteiger partial charge in [-0.05, 0) is 20.8 Å². The first-order valence-electron chi connectivity index (χ1n) is 4.93. The van der Waals surface area contributed by atoms with E-state index < -0.39 is 0 Å². The van der Waals surface area contributed by atoms with E-state index in [2.05, 4.69) is 27.8 Å². The Balaban J connectivity index is 3.93. The summed E-state index contributed by atoms with van der Waals surface area (Å²) in [5.41, 5.74) is 0. The zero-order chi connectivity index (χ0) is 9.61. The lowest BCUT2D eigenvalue weighted by Crippen LogP contribution is -2.50. The third-order valence-corrected chi connectivity index (χ3v) is 3.25. The maximum atomic E-state index is 5.09. The Morgan fingerprint density at radius 2 is 1.75 bits per heavy atom. The molecule has 0 aliphatic carbocycles. The van der Waals surface area contributed by atoms with E-state index in [1.807, 2.05) is 0 Å². The molecule has 0 aromatic carbocycles. The summed E-state index contributed by atoms with van der Waals surface area (Å²) in [6, 6.07) is 0.708. The van der Waals surface area contributed by atoms with Crippen LogP contribution < -0.4 is 0 Å². The van der Waals surface area contributed by atoms with Crippen LogP contribution in [0, 0.1) is 0 Å². The minimum atomic E-state index is 0.708. The molecule has 0 saturated heterocycles. The number of quaternary nitrogens is 1. The fourth-order valence-electron chi connectivity index (χ4n) is 1.45. The van der Waals surface area contributed by atoms with Crippen LogP contribution in [0.3, 0.4) is 0 Å². The van der Waals surface area contributed by atoms with Crippen molar-refractivity contribution in [3.05, 3.63) is 0 Å². The Hall–Kier alpha value is -0.0800. The highest BCUT2D eigenvalue weighted by atomic mass is 16.5. The lowest BCUT2D eigenvalue weighted by Gasteiger charge is -2.38. The molecule has 0 spiro atoms. The molecule has 0 N–H and O–H groups in total. The molecule has 0 aliphatic heterocycles. The smallest absolute Gasteiger partial charge is 0.0881 e. The quantitative estimate of drug-likeness (QED) is 0.559. The normalized spacial score (nSPS) is 14.8. The Labute approximate surface area is 77.1 Å². The van der Waals surface area contributed by atoms with E-state index in [0.717, 1.165) is 17.5 Å². The summed E-state index contributed by atoms with van der Waals surface area (Å²) in [5, 5.41) is 0. The van der Waals surface area contributed by atoms with Crippen LogP contribution in [0.5, 0.6) is 0 Å². The maximum Gasteiger partial charge on any atom is 0.0881 e. The van der Waals surface area contributed by atoms with Gasteiger partial charge in [-0.2, -0.15) is 0 Å². The molecule has 2 heteroatoms. The fraction of sp³-hybridized carbons (Fsp3) is 1.00. The lowest BCUT2D eigenvalue weighted by atomic mass is 10.1. The molecule has 1 atom stereocenters. The van der Waals surface area contributed by atoms with Crippen LogP contribution in [0.2, 0.25) is 0 Å². The van der Waals surface area contributed by atoms with Crippen molar-refractivity contribution in [2.75, 3.05) is 33.9 Å². The Morgan fingerprint density at radius 1 is 1.25 bits per heavy atom. The first kappa shape index (κ1) is 11.9. The Kier molecular flexibility index (Phi) is 5.51. The monoisotopic (exact) mass is 174 g/mol. The predicted molar refractivity (Wildman–Crippen MR) is 53.2 cm³/mol. The number of rotatable bonds is 6. The summed E-state index contributed by atoms with van der Waals surface area (Å²) >= 11 is 0. The largest absolute Gasteiger partial charge is 0.384 e. The number of hydrogen-bond donors (Lipinski definition) is 0. The Morgan fingerprint density at radius 3 is 2.08 bits per heavy atom. The summed E-state index contributed by atoms with van der Waals surface area (Å²) in [6.45, 7) is 10.1. The number of nitrogens with zero attached hydrogens (tertiary/aromatic N) is 1. The van der Waals surface area contributed by atoms with E-state index in [0.29, 0.717) is 6.04 Å². The molecule has 0 radical (unpaired) electrons. The average Bonchev–Trinajstić information content (AvgIpc) is 2.12. The minimum absolute atomic E-state index is 0.708. The molecule has 12 heavy (non-hydrogen) atoms. The van der Waals surface area contributed by atoms with Crippen molar-refractivity contribution < 1.29 is 9.22 Å². The summed E-state index contributed by atoms with van der Waals surface area (Å²) in [7, 11) is 4.09. The van der Waals surface area contributed by atoms with E-state index in [-0.39, 0.29) is 0 Å². The molecule has 0 aromatic heterocycles. The number of methoxy groups -OCH3 is 1. The molecule has 2 nitrogen and oxygen atoms in total. The molecule has 0 saturated carbocycles. The van der Waals surface area contributed by atoms with Crippen molar-refractivity contribution in [1.29, 1.82) is 0 Å². The van der Waals surface area contributed by atoms with Gasteiger partial charge in [-0.1, -0.05) is 0 Å². The van der Waals surface area contributed by atoms with Crippen molar-refractivity contribution in [3.63, 3.8) is 0 Å². The van der Waals surface area contributed by atoms with Crippen molar-refractivity contribution in [2.24, 2.45) is 0 Å². The first-order chi connectivity index (χ1) is 5.60. The Bertz CT molecular complexity index is 110. The van der Waals surface area contributed by atoms with Gasteiger partial charge in [-0.25, -0.2) is 0 Å². The highest BCUT2D eigenvalue weighted by Crippen LogP contribution is 2.12. The third kappa shape index (κ3) is 3.11. The van der Waals surface area contributed by atoms with Crippen LogP contribution in [-0.2, 0) is 4.74 Å².